The van der Waals surface area contributed by atoms with Crippen molar-refractivity contribution >= 4 is 0 Å². The monoisotopic (exact) mass is 474 g/mol. The molecule has 3 aromatic rings. The maximum atomic E-state index is 10.9. The van der Waals surface area contributed by atoms with Crippen LogP contribution in [-0.4, -0.2) is 51.4 Å². The minimum Gasteiger partial charge on any atom is -0.394 e. The van der Waals surface area contributed by atoms with Crippen LogP contribution in [0.2, 0.25) is 0 Å². The first-order valence-corrected chi connectivity index (χ1v) is 12.6. The molecule has 0 amide bonds. The summed E-state index contributed by atoms with van der Waals surface area (Å²) in [7, 11) is 0. The summed E-state index contributed by atoms with van der Waals surface area (Å²) >= 11 is 0. The van der Waals surface area contributed by atoms with E-state index >= 15 is 0 Å². The minimum atomic E-state index is -1.38. The van der Waals surface area contributed by atoms with E-state index in [-0.39, 0.29) is 0 Å². The van der Waals surface area contributed by atoms with Gasteiger partial charge in [0.25, 0.3) is 0 Å². The number of ether oxygens (including phenoxy) is 1. The molecule has 4 N–H and O–H groups in total. The Balaban J connectivity index is 1.55. The standard InChI is InChI=1S/C30H34O5/c1-2-22-24-13-7-12-23(24)21(15-18-8-6-11-20(14-18)19-9-4-3-5-10-19)16-25(22)30-29(34)28(33)27(32)26(17-31)35-30/h3-6,8-11,14,16,26-34H,2,7,12-13,15,17H2,1H3/t26-,27-,28+,29-,30+/m1/s1. The molecule has 5 heteroatoms. The van der Waals surface area contributed by atoms with E-state index < -0.39 is 37.1 Å². The van der Waals surface area contributed by atoms with Crippen LogP contribution in [0.25, 0.3) is 11.1 Å². The molecule has 0 unspecified atom stereocenters. The van der Waals surface area contributed by atoms with Gasteiger partial charge in [-0.25, -0.2) is 0 Å². The van der Waals surface area contributed by atoms with Gasteiger partial charge in [0.1, 0.15) is 30.5 Å². The van der Waals surface area contributed by atoms with Gasteiger partial charge >= 0.3 is 0 Å². The molecule has 1 aliphatic heterocycles. The smallest absolute Gasteiger partial charge is 0.113 e. The summed E-state index contributed by atoms with van der Waals surface area (Å²) in [5.41, 5.74) is 9.53. The third-order valence-corrected chi connectivity index (χ3v) is 7.63. The topological polar surface area (TPSA) is 90.2 Å². The van der Waals surface area contributed by atoms with E-state index in [1.807, 2.05) is 18.2 Å². The van der Waals surface area contributed by atoms with Gasteiger partial charge in [0.2, 0.25) is 0 Å². The molecule has 1 heterocycles. The molecule has 5 rings (SSSR count). The summed E-state index contributed by atoms with van der Waals surface area (Å²) in [5, 5.41) is 41.3. The Labute approximate surface area is 206 Å². The highest BCUT2D eigenvalue weighted by Crippen LogP contribution is 2.40. The molecule has 0 spiro atoms. The van der Waals surface area contributed by atoms with Crippen molar-refractivity contribution in [3.8, 4) is 11.1 Å². The Morgan fingerprint density at radius 3 is 2.31 bits per heavy atom. The third-order valence-electron chi connectivity index (χ3n) is 7.63. The van der Waals surface area contributed by atoms with Crippen LogP contribution in [-0.2, 0) is 30.4 Å². The van der Waals surface area contributed by atoms with Crippen LogP contribution in [0.4, 0.5) is 0 Å². The first-order valence-electron chi connectivity index (χ1n) is 12.6. The van der Waals surface area contributed by atoms with Gasteiger partial charge in [0, 0.05) is 0 Å². The first-order chi connectivity index (χ1) is 17.0. The Morgan fingerprint density at radius 1 is 0.829 bits per heavy atom. The number of hydrogen-bond donors (Lipinski definition) is 4. The number of hydrogen-bond acceptors (Lipinski definition) is 5. The average molecular weight is 475 g/mol. The fourth-order valence-electron chi connectivity index (χ4n) is 5.87. The second kappa shape index (κ2) is 10.2. The maximum Gasteiger partial charge on any atom is 0.113 e. The Morgan fingerprint density at radius 2 is 1.57 bits per heavy atom. The number of aliphatic hydroxyl groups excluding tert-OH is 4. The van der Waals surface area contributed by atoms with E-state index in [1.165, 1.54) is 33.4 Å². The fraction of sp³-hybridized carbons (Fsp3) is 0.400. The predicted molar refractivity (Wildman–Crippen MR) is 135 cm³/mol. The quantitative estimate of drug-likeness (QED) is 0.439. The molecule has 3 aromatic carbocycles. The summed E-state index contributed by atoms with van der Waals surface area (Å²) < 4.78 is 5.99. The molecular weight excluding hydrogens is 440 g/mol. The molecule has 5 nitrogen and oxygen atoms in total. The molecule has 0 aromatic heterocycles. The van der Waals surface area contributed by atoms with E-state index in [9.17, 15) is 20.4 Å². The van der Waals surface area contributed by atoms with Crippen molar-refractivity contribution < 1.29 is 25.2 Å². The zero-order valence-electron chi connectivity index (χ0n) is 20.1. The lowest BCUT2D eigenvalue weighted by molar-refractivity contribution is -0.231. The molecule has 1 fully saturated rings. The van der Waals surface area contributed by atoms with Gasteiger partial charge in [-0.05, 0) is 76.6 Å². The highest BCUT2D eigenvalue weighted by Gasteiger charge is 2.45. The maximum absolute atomic E-state index is 10.9. The predicted octanol–water partition coefficient (Wildman–Crippen LogP) is 3.51. The normalized spacial score (nSPS) is 26.0. The van der Waals surface area contributed by atoms with Crippen molar-refractivity contribution in [3.05, 3.63) is 94.0 Å². The summed E-state index contributed by atoms with van der Waals surface area (Å²) in [4.78, 5) is 0. The van der Waals surface area contributed by atoms with Crippen LogP contribution in [0.5, 0.6) is 0 Å². The summed E-state index contributed by atoms with van der Waals surface area (Å²) in [6.45, 7) is 1.68. The largest absolute Gasteiger partial charge is 0.394 e. The van der Waals surface area contributed by atoms with E-state index in [2.05, 4.69) is 49.4 Å². The molecule has 5 atom stereocenters. The Hall–Kier alpha value is -2.54. The van der Waals surface area contributed by atoms with Crippen LogP contribution in [0.1, 0.15) is 52.8 Å². The highest BCUT2D eigenvalue weighted by atomic mass is 16.5. The van der Waals surface area contributed by atoms with Crippen LogP contribution < -0.4 is 0 Å². The van der Waals surface area contributed by atoms with Gasteiger partial charge in [0.05, 0.1) is 6.61 Å². The van der Waals surface area contributed by atoms with Gasteiger partial charge in [0.15, 0.2) is 0 Å². The van der Waals surface area contributed by atoms with Gasteiger partial charge in [-0.3, -0.25) is 0 Å². The second-order valence-corrected chi connectivity index (χ2v) is 9.76. The molecule has 0 radical (unpaired) electrons. The van der Waals surface area contributed by atoms with Crippen molar-refractivity contribution in [2.75, 3.05) is 6.61 Å². The summed E-state index contributed by atoms with van der Waals surface area (Å²) in [5.74, 6) is 0. The molecule has 1 saturated heterocycles. The number of fused-ring (bicyclic) bond motifs is 1. The van der Waals surface area contributed by atoms with E-state index in [0.717, 1.165) is 43.2 Å². The molecule has 1 aliphatic carbocycles. The molecule has 0 saturated carbocycles. The summed E-state index contributed by atoms with van der Waals surface area (Å²) in [6, 6.07) is 21.1. The molecule has 0 bridgehead atoms. The number of rotatable bonds is 6. The minimum absolute atomic E-state index is 0.424. The average Bonchev–Trinajstić information content (AvgIpc) is 3.38. The van der Waals surface area contributed by atoms with Crippen molar-refractivity contribution in [1.82, 2.24) is 0 Å². The van der Waals surface area contributed by atoms with Crippen LogP contribution in [0, 0.1) is 0 Å². The zero-order valence-corrected chi connectivity index (χ0v) is 20.1. The van der Waals surface area contributed by atoms with Crippen molar-refractivity contribution in [3.63, 3.8) is 0 Å². The molecule has 184 valence electrons. The summed E-state index contributed by atoms with van der Waals surface area (Å²) in [6.07, 6.45) is -1.06. The lowest BCUT2D eigenvalue weighted by Crippen LogP contribution is -2.55. The number of aliphatic hydroxyl groups is 4. The van der Waals surface area contributed by atoms with E-state index in [4.69, 9.17) is 4.74 Å². The first kappa shape index (κ1) is 24.2. The zero-order chi connectivity index (χ0) is 24.5. The van der Waals surface area contributed by atoms with E-state index in [0.29, 0.717) is 0 Å². The Kier molecular flexibility index (Phi) is 7.05. The molecule has 35 heavy (non-hydrogen) atoms. The van der Waals surface area contributed by atoms with Crippen LogP contribution in [0.3, 0.4) is 0 Å². The van der Waals surface area contributed by atoms with Crippen LogP contribution >= 0.6 is 0 Å². The fourth-order valence-corrected chi connectivity index (χ4v) is 5.87. The third kappa shape index (κ3) is 4.55. The van der Waals surface area contributed by atoms with Crippen molar-refractivity contribution in [2.45, 2.75) is 69.5 Å². The van der Waals surface area contributed by atoms with Gasteiger partial charge < -0.3 is 25.2 Å². The van der Waals surface area contributed by atoms with Gasteiger partial charge in [-0.1, -0.05) is 67.6 Å². The SMILES string of the molecule is CCc1c([C@@H]2O[C@H](CO)[C@@H](O)[C@H](O)[C@H]2O)cc(Cc2cccc(-c3ccccc3)c2)c2c1CCC2. The lowest BCUT2D eigenvalue weighted by atomic mass is 9.83. The second-order valence-electron chi connectivity index (χ2n) is 9.76. The number of benzene rings is 3. The van der Waals surface area contributed by atoms with Crippen molar-refractivity contribution in [2.24, 2.45) is 0 Å². The lowest BCUT2D eigenvalue weighted by Gasteiger charge is -2.41. The van der Waals surface area contributed by atoms with Gasteiger partial charge in [-0.15, -0.1) is 0 Å². The van der Waals surface area contributed by atoms with E-state index in [1.54, 1.807) is 0 Å². The van der Waals surface area contributed by atoms with Crippen molar-refractivity contribution in [1.29, 1.82) is 0 Å². The molecular formula is C30H34O5. The molecule has 2 aliphatic rings. The Bertz CT molecular complexity index is 1170. The van der Waals surface area contributed by atoms with Gasteiger partial charge in [-0.2, -0.15) is 0 Å². The van der Waals surface area contributed by atoms with Crippen LogP contribution in [0.15, 0.2) is 60.7 Å². The highest BCUT2D eigenvalue weighted by molar-refractivity contribution is 5.64.